The highest BCUT2D eigenvalue weighted by Gasteiger charge is 2.20. The maximum absolute atomic E-state index is 13.5. The molecule has 0 aliphatic heterocycles. The molecule has 2 amide bonds. The molecule has 0 aliphatic carbocycles. The van der Waals surface area contributed by atoms with Gasteiger partial charge in [-0.15, -0.1) is 11.3 Å². The minimum Gasteiger partial charge on any atom is -0.347 e. The van der Waals surface area contributed by atoms with Crippen LogP contribution in [0.2, 0.25) is 0 Å². The minimum atomic E-state index is -0.607. The molecule has 23 heavy (non-hydrogen) atoms. The first-order valence-electron chi connectivity index (χ1n) is 7.34. The summed E-state index contributed by atoms with van der Waals surface area (Å²) in [5, 5.41) is 7.30. The highest BCUT2D eigenvalue weighted by molar-refractivity contribution is 7.10. The van der Waals surface area contributed by atoms with Gasteiger partial charge in [-0.2, -0.15) is 0 Å². The lowest BCUT2D eigenvalue weighted by Gasteiger charge is -2.21. The van der Waals surface area contributed by atoms with Crippen molar-refractivity contribution in [2.24, 2.45) is 5.92 Å². The number of hydrogen-bond donors (Lipinski definition) is 2. The SMILES string of the molecule is CC(C)C(NC(=O)CNC(=O)c1ccccc1F)c1cccs1. The molecule has 1 aromatic heterocycles. The number of benzene rings is 1. The molecule has 1 atom stereocenters. The van der Waals surface area contributed by atoms with E-state index in [9.17, 15) is 14.0 Å². The normalized spacial score (nSPS) is 12.0. The van der Waals surface area contributed by atoms with E-state index >= 15 is 0 Å². The summed E-state index contributed by atoms with van der Waals surface area (Å²) in [6.07, 6.45) is 0. The molecule has 1 unspecified atom stereocenters. The van der Waals surface area contributed by atoms with E-state index in [1.807, 2.05) is 31.4 Å². The molecule has 0 fully saturated rings. The zero-order valence-electron chi connectivity index (χ0n) is 13.0. The summed E-state index contributed by atoms with van der Waals surface area (Å²) in [5.74, 6) is -1.29. The fourth-order valence-corrected chi connectivity index (χ4v) is 3.11. The zero-order chi connectivity index (χ0) is 16.8. The van der Waals surface area contributed by atoms with E-state index in [1.54, 1.807) is 17.4 Å². The summed E-state index contributed by atoms with van der Waals surface area (Å²) in [5.41, 5.74) is -0.0704. The van der Waals surface area contributed by atoms with Gasteiger partial charge < -0.3 is 10.6 Å². The summed E-state index contributed by atoms with van der Waals surface area (Å²) >= 11 is 1.57. The highest BCUT2D eigenvalue weighted by atomic mass is 32.1. The molecule has 0 bridgehead atoms. The smallest absolute Gasteiger partial charge is 0.254 e. The van der Waals surface area contributed by atoms with Crippen molar-refractivity contribution < 1.29 is 14.0 Å². The van der Waals surface area contributed by atoms with Crippen LogP contribution in [0.3, 0.4) is 0 Å². The topological polar surface area (TPSA) is 58.2 Å². The van der Waals surface area contributed by atoms with E-state index < -0.39 is 11.7 Å². The molecule has 2 rings (SSSR count). The van der Waals surface area contributed by atoms with Crippen LogP contribution in [-0.4, -0.2) is 18.4 Å². The molecule has 0 spiro atoms. The molecule has 2 aromatic rings. The third-order valence-corrected chi connectivity index (χ3v) is 4.32. The summed E-state index contributed by atoms with van der Waals surface area (Å²) in [4.78, 5) is 25.0. The van der Waals surface area contributed by atoms with E-state index in [0.717, 1.165) is 4.88 Å². The van der Waals surface area contributed by atoms with E-state index in [1.165, 1.54) is 18.2 Å². The number of rotatable bonds is 6. The van der Waals surface area contributed by atoms with Crippen LogP contribution in [0.25, 0.3) is 0 Å². The first-order valence-corrected chi connectivity index (χ1v) is 8.22. The molecule has 122 valence electrons. The molecule has 6 heteroatoms. The maximum Gasteiger partial charge on any atom is 0.254 e. The van der Waals surface area contributed by atoms with E-state index in [0.29, 0.717) is 0 Å². The number of amides is 2. The molecule has 0 saturated carbocycles. The van der Waals surface area contributed by atoms with E-state index in [4.69, 9.17) is 0 Å². The number of thiophene rings is 1. The second-order valence-electron chi connectivity index (χ2n) is 5.47. The Balaban J connectivity index is 1.92. The monoisotopic (exact) mass is 334 g/mol. The van der Waals surface area contributed by atoms with E-state index in [2.05, 4.69) is 10.6 Å². The Morgan fingerprint density at radius 2 is 1.91 bits per heavy atom. The van der Waals surface area contributed by atoms with Gasteiger partial charge in [0.2, 0.25) is 5.91 Å². The van der Waals surface area contributed by atoms with Crippen molar-refractivity contribution in [1.29, 1.82) is 0 Å². The van der Waals surface area contributed by atoms with Crippen molar-refractivity contribution in [1.82, 2.24) is 10.6 Å². The minimum absolute atomic E-state index is 0.0704. The van der Waals surface area contributed by atoms with Gasteiger partial charge in [-0.3, -0.25) is 9.59 Å². The Bertz CT molecular complexity index is 671. The van der Waals surface area contributed by atoms with Gasteiger partial charge in [-0.05, 0) is 29.5 Å². The molecule has 0 radical (unpaired) electrons. The predicted molar refractivity (Wildman–Crippen MR) is 88.8 cm³/mol. The van der Waals surface area contributed by atoms with Gasteiger partial charge in [-0.25, -0.2) is 4.39 Å². The van der Waals surface area contributed by atoms with Crippen molar-refractivity contribution in [2.45, 2.75) is 19.9 Å². The van der Waals surface area contributed by atoms with Crippen LogP contribution >= 0.6 is 11.3 Å². The van der Waals surface area contributed by atoms with Crippen LogP contribution in [0.4, 0.5) is 4.39 Å². The standard InChI is InChI=1S/C17H19FN2O2S/c1-11(2)16(14-8-5-9-23-14)20-15(21)10-19-17(22)12-6-3-4-7-13(12)18/h3-9,11,16H,10H2,1-2H3,(H,19,22)(H,20,21). The highest BCUT2D eigenvalue weighted by Crippen LogP contribution is 2.25. The molecule has 2 N–H and O–H groups in total. The number of nitrogens with one attached hydrogen (secondary N) is 2. The van der Waals surface area contributed by atoms with Gasteiger partial charge in [-0.1, -0.05) is 32.0 Å². The van der Waals surface area contributed by atoms with Crippen molar-refractivity contribution >= 4 is 23.2 Å². The third kappa shape index (κ3) is 4.63. The molecule has 0 saturated heterocycles. The Labute approximate surface area is 138 Å². The summed E-state index contributed by atoms with van der Waals surface area (Å²) in [6.45, 7) is 3.84. The van der Waals surface area contributed by atoms with Crippen molar-refractivity contribution in [3.63, 3.8) is 0 Å². The average Bonchev–Trinajstić information content (AvgIpc) is 3.04. The van der Waals surface area contributed by atoms with Crippen LogP contribution < -0.4 is 10.6 Å². The van der Waals surface area contributed by atoms with E-state index in [-0.39, 0.29) is 30.0 Å². The Morgan fingerprint density at radius 1 is 1.17 bits per heavy atom. The Morgan fingerprint density at radius 3 is 2.52 bits per heavy atom. The van der Waals surface area contributed by atoms with Crippen molar-refractivity contribution in [3.05, 3.63) is 58.0 Å². The Kier molecular flexibility index (Phi) is 5.87. The summed E-state index contributed by atoms with van der Waals surface area (Å²) in [6, 6.07) is 9.46. The quantitative estimate of drug-likeness (QED) is 0.853. The second-order valence-corrected chi connectivity index (χ2v) is 6.45. The lowest BCUT2D eigenvalue weighted by Crippen LogP contribution is -2.40. The number of carbonyl (C=O) groups is 2. The number of carbonyl (C=O) groups excluding carboxylic acids is 2. The Hall–Kier alpha value is -2.21. The van der Waals surface area contributed by atoms with Crippen LogP contribution in [0.15, 0.2) is 41.8 Å². The lowest BCUT2D eigenvalue weighted by atomic mass is 10.0. The first kappa shape index (κ1) is 17.1. The fourth-order valence-electron chi connectivity index (χ4n) is 2.16. The van der Waals surface area contributed by atoms with Gasteiger partial charge in [0.15, 0.2) is 0 Å². The van der Waals surface area contributed by atoms with Crippen LogP contribution in [0.1, 0.15) is 35.1 Å². The first-order chi connectivity index (χ1) is 11.0. The molecular weight excluding hydrogens is 315 g/mol. The van der Waals surface area contributed by atoms with Gasteiger partial charge in [0.05, 0.1) is 18.2 Å². The van der Waals surface area contributed by atoms with Crippen LogP contribution in [0, 0.1) is 11.7 Å². The molecule has 1 heterocycles. The zero-order valence-corrected chi connectivity index (χ0v) is 13.8. The average molecular weight is 334 g/mol. The number of hydrogen-bond acceptors (Lipinski definition) is 3. The summed E-state index contributed by atoms with van der Waals surface area (Å²) < 4.78 is 13.5. The molecule has 0 aliphatic rings. The van der Waals surface area contributed by atoms with Crippen molar-refractivity contribution in [2.75, 3.05) is 6.54 Å². The third-order valence-electron chi connectivity index (χ3n) is 3.36. The summed E-state index contributed by atoms with van der Waals surface area (Å²) in [7, 11) is 0. The lowest BCUT2D eigenvalue weighted by molar-refractivity contribution is -0.121. The fraction of sp³-hybridized carbons (Fsp3) is 0.294. The second kappa shape index (κ2) is 7.87. The van der Waals surface area contributed by atoms with Crippen molar-refractivity contribution in [3.8, 4) is 0 Å². The van der Waals surface area contributed by atoms with Crippen LogP contribution in [0.5, 0.6) is 0 Å². The van der Waals surface area contributed by atoms with Gasteiger partial charge in [0.25, 0.3) is 5.91 Å². The molecular formula is C17H19FN2O2S. The molecule has 1 aromatic carbocycles. The predicted octanol–water partition coefficient (Wildman–Crippen LogP) is 3.13. The number of halogens is 1. The maximum atomic E-state index is 13.5. The largest absolute Gasteiger partial charge is 0.347 e. The van der Waals surface area contributed by atoms with Gasteiger partial charge in [0, 0.05) is 4.88 Å². The van der Waals surface area contributed by atoms with Crippen LogP contribution in [-0.2, 0) is 4.79 Å². The molecule has 4 nitrogen and oxygen atoms in total. The van der Waals surface area contributed by atoms with Gasteiger partial charge in [0.1, 0.15) is 5.82 Å². The van der Waals surface area contributed by atoms with Gasteiger partial charge >= 0.3 is 0 Å².